The van der Waals surface area contributed by atoms with Gasteiger partial charge in [-0.15, -0.1) is 11.8 Å². The first-order valence-electron chi connectivity index (χ1n) is 9.63. The molecule has 0 spiro atoms. The Kier molecular flexibility index (Phi) is 8.82. The van der Waals surface area contributed by atoms with Gasteiger partial charge in [-0.25, -0.2) is 5.43 Å². The number of nitrogens with zero attached hydrogens (tertiary/aromatic N) is 1. The van der Waals surface area contributed by atoms with Gasteiger partial charge in [0.15, 0.2) is 11.5 Å². The van der Waals surface area contributed by atoms with Gasteiger partial charge in [-0.05, 0) is 47.0 Å². The Bertz CT molecular complexity index is 1030. The highest BCUT2D eigenvalue weighted by Gasteiger charge is 2.06. The summed E-state index contributed by atoms with van der Waals surface area (Å²) in [6.07, 6.45) is 1.57. The predicted octanol–water partition coefficient (Wildman–Crippen LogP) is 5.31. The Morgan fingerprint density at radius 2 is 1.84 bits per heavy atom. The number of carbonyl (C=O) groups excluding carboxylic acids is 1. The van der Waals surface area contributed by atoms with E-state index in [9.17, 15) is 4.79 Å². The standard InChI is InChI=1S/C24H23ClN2O3S/c1-29-23-13-19(10-11-22(23)30-15-18-6-3-2-4-7-18)14-26-27-24(28)17-31-16-20-8-5-9-21(25)12-20/h2-14H,15-17H2,1H3,(H,27,28)/b26-14+. The third-order valence-corrected chi connectivity index (χ3v) is 5.46. The third kappa shape index (κ3) is 7.66. The summed E-state index contributed by atoms with van der Waals surface area (Å²) in [4.78, 5) is 12.0. The average Bonchev–Trinajstić information content (AvgIpc) is 2.79. The highest BCUT2D eigenvalue weighted by atomic mass is 35.5. The molecule has 0 bridgehead atoms. The van der Waals surface area contributed by atoms with Crippen LogP contribution in [0, 0.1) is 0 Å². The Hall–Kier alpha value is -2.96. The van der Waals surface area contributed by atoms with E-state index in [1.54, 1.807) is 13.3 Å². The Balaban J connectivity index is 1.46. The molecule has 0 aliphatic heterocycles. The summed E-state index contributed by atoms with van der Waals surface area (Å²) < 4.78 is 11.3. The molecule has 0 saturated carbocycles. The van der Waals surface area contributed by atoms with Gasteiger partial charge in [-0.2, -0.15) is 5.10 Å². The van der Waals surface area contributed by atoms with Gasteiger partial charge < -0.3 is 9.47 Å². The first-order chi connectivity index (χ1) is 15.1. The second-order valence-electron chi connectivity index (χ2n) is 6.60. The van der Waals surface area contributed by atoms with Crippen molar-refractivity contribution < 1.29 is 14.3 Å². The molecule has 0 aromatic heterocycles. The van der Waals surface area contributed by atoms with Crippen LogP contribution in [-0.4, -0.2) is 25.0 Å². The van der Waals surface area contributed by atoms with E-state index in [1.807, 2.05) is 72.8 Å². The van der Waals surface area contributed by atoms with Crippen molar-refractivity contribution >= 4 is 35.5 Å². The van der Waals surface area contributed by atoms with E-state index >= 15 is 0 Å². The molecule has 5 nitrogen and oxygen atoms in total. The van der Waals surface area contributed by atoms with Gasteiger partial charge in [0.05, 0.1) is 19.1 Å². The number of rotatable bonds is 10. The summed E-state index contributed by atoms with van der Waals surface area (Å²) in [5.41, 5.74) is 5.48. The summed E-state index contributed by atoms with van der Waals surface area (Å²) >= 11 is 7.47. The molecular formula is C24H23ClN2O3S. The summed E-state index contributed by atoms with van der Waals surface area (Å²) in [5.74, 6) is 2.09. The van der Waals surface area contributed by atoms with Crippen molar-refractivity contribution in [1.29, 1.82) is 0 Å². The molecule has 0 aliphatic rings. The highest BCUT2D eigenvalue weighted by molar-refractivity contribution is 7.99. The lowest BCUT2D eigenvalue weighted by Crippen LogP contribution is -2.19. The van der Waals surface area contributed by atoms with Crippen LogP contribution in [0.1, 0.15) is 16.7 Å². The first kappa shape index (κ1) is 22.7. The van der Waals surface area contributed by atoms with Gasteiger partial charge in [0.2, 0.25) is 5.91 Å². The molecule has 1 amide bonds. The van der Waals surface area contributed by atoms with Crippen molar-refractivity contribution in [3.05, 3.63) is 94.5 Å². The van der Waals surface area contributed by atoms with E-state index in [0.29, 0.717) is 34.6 Å². The summed E-state index contributed by atoms with van der Waals surface area (Å²) in [6.45, 7) is 0.452. The van der Waals surface area contributed by atoms with Crippen LogP contribution in [0.2, 0.25) is 5.02 Å². The molecule has 3 aromatic carbocycles. The van der Waals surface area contributed by atoms with Crippen molar-refractivity contribution in [2.24, 2.45) is 5.10 Å². The zero-order valence-electron chi connectivity index (χ0n) is 17.1. The van der Waals surface area contributed by atoms with E-state index < -0.39 is 0 Å². The van der Waals surface area contributed by atoms with E-state index in [0.717, 1.165) is 16.7 Å². The molecule has 31 heavy (non-hydrogen) atoms. The van der Waals surface area contributed by atoms with Gasteiger partial charge in [-0.1, -0.05) is 54.1 Å². The van der Waals surface area contributed by atoms with Crippen LogP contribution in [0.5, 0.6) is 11.5 Å². The molecule has 0 aliphatic carbocycles. The molecular weight excluding hydrogens is 432 g/mol. The summed E-state index contributed by atoms with van der Waals surface area (Å²) in [6, 6.07) is 23.0. The maximum absolute atomic E-state index is 12.0. The maximum Gasteiger partial charge on any atom is 0.250 e. The van der Waals surface area contributed by atoms with Crippen LogP contribution >= 0.6 is 23.4 Å². The maximum atomic E-state index is 12.0. The quantitative estimate of drug-likeness (QED) is 0.333. The second kappa shape index (κ2) is 12.0. The number of halogens is 1. The number of methoxy groups -OCH3 is 1. The van der Waals surface area contributed by atoms with Gasteiger partial charge in [-0.3, -0.25) is 4.79 Å². The van der Waals surface area contributed by atoms with E-state index in [-0.39, 0.29) is 5.91 Å². The Morgan fingerprint density at radius 1 is 1.03 bits per heavy atom. The van der Waals surface area contributed by atoms with Crippen LogP contribution in [-0.2, 0) is 17.2 Å². The smallest absolute Gasteiger partial charge is 0.250 e. The minimum Gasteiger partial charge on any atom is -0.493 e. The average molecular weight is 455 g/mol. The normalized spacial score (nSPS) is 10.8. The fraction of sp³-hybridized carbons (Fsp3) is 0.167. The molecule has 7 heteroatoms. The number of nitrogens with one attached hydrogen (secondary N) is 1. The zero-order chi connectivity index (χ0) is 21.9. The summed E-state index contributed by atoms with van der Waals surface area (Å²) in [7, 11) is 1.59. The monoisotopic (exact) mass is 454 g/mol. The van der Waals surface area contributed by atoms with E-state index in [4.69, 9.17) is 21.1 Å². The van der Waals surface area contributed by atoms with Gasteiger partial charge in [0.25, 0.3) is 0 Å². The molecule has 0 fully saturated rings. The fourth-order valence-electron chi connectivity index (χ4n) is 2.72. The van der Waals surface area contributed by atoms with Crippen molar-refractivity contribution in [1.82, 2.24) is 5.43 Å². The molecule has 1 N–H and O–H groups in total. The molecule has 0 radical (unpaired) electrons. The number of amides is 1. The van der Waals surface area contributed by atoms with Crippen LogP contribution < -0.4 is 14.9 Å². The van der Waals surface area contributed by atoms with E-state index in [2.05, 4.69) is 10.5 Å². The SMILES string of the molecule is COc1cc(/C=N/NC(=O)CSCc2cccc(Cl)c2)ccc1OCc1ccccc1. The molecule has 160 valence electrons. The third-order valence-electron chi connectivity index (χ3n) is 4.22. The molecule has 0 unspecified atom stereocenters. The largest absolute Gasteiger partial charge is 0.493 e. The lowest BCUT2D eigenvalue weighted by molar-refractivity contribution is -0.118. The van der Waals surface area contributed by atoms with Crippen molar-refractivity contribution in [3.63, 3.8) is 0 Å². The van der Waals surface area contributed by atoms with Crippen LogP contribution in [0.3, 0.4) is 0 Å². The zero-order valence-corrected chi connectivity index (χ0v) is 18.7. The number of benzene rings is 3. The Morgan fingerprint density at radius 3 is 2.61 bits per heavy atom. The van der Waals surface area contributed by atoms with Crippen LogP contribution in [0.15, 0.2) is 77.9 Å². The van der Waals surface area contributed by atoms with Gasteiger partial charge >= 0.3 is 0 Å². The minimum absolute atomic E-state index is 0.168. The lowest BCUT2D eigenvalue weighted by Gasteiger charge is -2.11. The topological polar surface area (TPSA) is 59.9 Å². The van der Waals surface area contributed by atoms with Gasteiger partial charge in [0, 0.05) is 10.8 Å². The molecule has 3 aromatic rings. The number of hydrogen-bond donors (Lipinski definition) is 1. The predicted molar refractivity (Wildman–Crippen MR) is 127 cm³/mol. The Labute approximate surface area is 191 Å². The molecule has 3 rings (SSSR count). The minimum atomic E-state index is -0.168. The van der Waals surface area contributed by atoms with Gasteiger partial charge in [0.1, 0.15) is 6.61 Å². The number of hydrogen-bond acceptors (Lipinski definition) is 5. The second-order valence-corrected chi connectivity index (χ2v) is 8.02. The van der Waals surface area contributed by atoms with Crippen LogP contribution in [0.25, 0.3) is 0 Å². The van der Waals surface area contributed by atoms with Crippen LogP contribution in [0.4, 0.5) is 0 Å². The molecule has 0 atom stereocenters. The molecule has 0 saturated heterocycles. The summed E-state index contributed by atoms with van der Waals surface area (Å²) in [5, 5.41) is 4.72. The number of carbonyl (C=O) groups is 1. The van der Waals surface area contributed by atoms with E-state index in [1.165, 1.54) is 11.8 Å². The first-order valence-corrected chi connectivity index (χ1v) is 11.2. The number of thioether (sulfide) groups is 1. The van der Waals surface area contributed by atoms with Crippen molar-refractivity contribution in [2.45, 2.75) is 12.4 Å². The van der Waals surface area contributed by atoms with Crippen molar-refractivity contribution in [2.75, 3.05) is 12.9 Å². The number of ether oxygens (including phenoxy) is 2. The highest BCUT2D eigenvalue weighted by Crippen LogP contribution is 2.28. The number of hydrazone groups is 1. The fourth-order valence-corrected chi connectivity index (χ4v) is 3.70. The van der Waals surface area contributed by atoms with Crippen molar-refractivity contribution in [3.8, 4) is 11.5 Å². The lowest BCUT2D eigenvalue weighted by atomic mass is 10.2. The molecule has 0 heterocycles.